The monoisotopic (exact) mass is 433 g/mol. The van der Waals surface area contributed by atoms with Crippen molar-refractivity contribution in [3.05, 3.63) is 137 Å². The molecule has 0 heterocycles. The van der Waals surface area contributed by atoms with E-state index in [1.165, 1.54) is 11.1 Å². The SMILES string of the molecule is O=C(N[C@@H]1c2cc(O)ccc2CC[C@@H]1c1ccccc1)C(c1ccccc1)c1ccccc1. The van der Waals surface area contributed by atoms with Crippen molar-refractivity contribution in [2.24, 2.45) is 0 Å². The number of aryl methyl sites for hydroxylation is 1. The van der Waals surface area contributed by atoms with Gasteiger partial charge in [0.05, 0.1) is 12.0 Å². The fourth-order valence-electron chi connectivity index (χ4n) is 5.05. The normalized spacial score (nSPS) is 17.4. The molecule has 0 saturated heterocycles. The average molecular weight is 434 g/mol. The van der Waals surface area contributed by atoms with Gasteiger partial charge >= 0.3 is 0 Å². The smallest absolute Gasteiger partial charge is 0.232 e. The van der Waals surface area contributed by atoms with E-state index in [4.69, 9.17) is 0 Å². The first-order valence-corrected chi connectivity index (χ1v) is 11.5. The summed E-state index contributed by atoms with van der Waals surface area (Å²) in [6.07, 6.45) is 1.86. The molecule has 0 radical (unpaired) electrons. The molecule has 1 amide bonds. The molecule has 1 aliphatic carbocycles. The van der Waals surface area contributed by atoms with Crippen molar-refractivity contribution in [3.8, 4) is 5.75 Å². The van der Waals surface area contributed by atoms with Gasteiger partial charge in [-0.2, -0.15) is 0 Å². The van der Waals surface area contributed by atoms with Gasteiger partial charge in [-0.15, -0.1) is 0 Å². The average Bonchev–Trinajstić information content (AvgIpc) is 2.86. The Kier molecular flexibility index (Phi) is 5.95. The summed E-state index contributed by atoms with van der Waals surface area (Å²) in [4.78, 5) is 13.9. The number of amides is 1. The molecule has 0 aliphatic heterocycles. The van der Waals surface area contributed by atoms with E-state index in [9.17, 15) is 9.90 Å². The van der Waals surface area contributed by atoms with Gasteiger partial charge in [-0.25, -0.2) is 0 Å². The zero-order valence-electron chi connectivity index (χ0n) is 18.4. The second kappa shape index (κ2) is 9.33. The summed E-state index contributed by atoms with van der Waals surface area (Å²) >= 11 is 0. The number of carbonyl (C=O) groups excluding carboxylic acids is 1. The van der Waals surface area contributed by atoms with Crippen molar-refractivity contribution in [2.45, 2.75) is 30.7 Å². The van der Waals surface area contributed by atoms with Crippen molar-refractivity contribution in [1.82, 2.24) is 5.32 Å². The van der Waals surface area contributed by atoms with Crippen molar-refractivity contribution >= 4 is 5.91 Å². The number of aromatic hydroxyl groups is 1. The number of rotatable bonds is 5. The van der Waals surface area contributed by atoms with Crippen molar-refractivity contribution in [3.63, 3.8) is 0 Å². The maximum absolute atomic E-state index is 13.9. The minimum absolute atomic E-state index is 0.0328. The van der Waals surface area contributed by atoms with Crippen LogP contribution in [0.5, 0.6) is 5.75 Å². The Hall–Kier alpha value is -3.85. The minimum atomic E-state index is -0.411. The highest BCUT2D eigenvalue weighted by molar-refractivity contribution is 5.87. The largest absolute Gasteiger partial charge is 0.508 e. The Bertz CT molecular complexity index is 1180. The van der Waals surface area contributed by atoms with Gasteiger partial charge in [-0.1, -0.05) is 97.1 Å². The number of hydrogen-bond acceptors (Lipinski definition) is 2. The van der Waals surface area contributed by atoms with E-state index in [1.807, 2.05) is 91.0 Å². The van der Waals surface area contributed by atoms with Crippen LogP contribution in [-0.2, 0) is 11.2 Å². The summed E-state index contributed by atoms with van der Waals surface area (Å²) in [5.41, 5.74) is 5.31. The van der Waals surface area contributed by atoms with E-state index < -0.39 is 5.92 Å². The highest BCUT2D eigenvalue weighted by Crippen LogP contribution is 2.42. The molecule has 3 nitrogen and oxygen atoms in total. The van der Waals surface area contributed by atoms with Gasteiger partial charge in [0, 0.05) is 5.92 Å². The van der Waals surface area contributed by atoms with E-state index in [2.05, 4.69) is 17.4 Å². The second-order valence-electron chi connectivity index (χ2n) is 8.68. The molecular weight excluding hydrogens is 406 g/mol. The fraction of sp³-hybridized carbons (Fsp3) is 0.167. The number of phenolic OH excluding ortho intramolecular Hbond substituents is 1. The molecule has 5 rings (SSSR count). The first-order chi connectivity index (χ1) is 16.2. The van der Waals surface area contributed by atoms with E-state index >= 15 is 0 Å². The molecule has 2 atom stereocenters. The van der Waals surface area contributed by atoms with Crippen LogP contribution in [0.15, 0.2) is 109 Å². The van der Waals surface area contributed by atoms with Crippen LogP contribution in [0.1, 0.15) is 52.1 Å². The van der Waals surface area contributed by atoms with E-state index in [1.54, 1.807) is 6.07 Å². The maximum atomic E-state index is 13.9. The van der Waals surface area contributed by atoms with Gasteiger partial charge in [0.2, 0.25) is 5.91 Å². The molecule has 0 spiro atoms. The van der Waals surface area contributed by atoms with E-state index in [0.717, 1.165) is 29.5 Å². The molecule has 1 aliphatic rings. The van der Waals surface area contributed by atoms with Crippen LogP contribution in [0, 0.1) is 0 Å². The molecule has 2 N–H and O–H groups in total. The highest BCUT2D eigenvalue weighted by Gasteiger charge is 2.34. The van der Waals surface area contributed by atoms with Crippen LogP contribution in [0.25, 0.3) is 0 Å². The van der Waals surface area contributed by atoms with Gasteiger partial charge in [0.15, 0.2) is 0 Å². The standard InChI is InChI=1S/C30H27NO2/c32-25-18-16-22-17-19-26(21-10-4-1-5-11-21)29(27(22)20-25)31-30(33)28(23-12-6-2-7-13-23)24-14-8-3-9-15-24/h1-16,18,20,26,28-29,32H,17,19H2,(H,31,33)/t26-,29+/m1/s1. The number of carbonyl (C=O) groups is 1. The molecule has 4 aromatic carbocycles. The van der Waals surface area contributed by atoms with E-state index in [0.29, 0.717) is 0 Å². The molecule has 0 aromatic heterocycles. The first-order valence-electron chi connectivity index (χ1n) is 11.5. The molecule has 4 aromatic rings. The number of hydrogen-bond donors (Lipinski definition) is 2. The molecule has 0 bridgehead atoms. The zero-order valence-corrected chi connectivity index (χ0v) is 18.4. The van der Waals surface area contributed by atoms with Crippen LogP contribution >= 0.6 is 0 Å². The van der Waals surface area contributed by atoms with Crippen LogP contribution in [0.2, 0.25) is 0 Å². The topological polar surface area (TPSA) is 49.3 Å². The fourth-order valence-corrected chi connectivity index (χ4v) is 5.05. The van der Waals surface area contributed by atoms with Crippen LogP contribution < -0.4 is 5.32 Å². The van der Waals surface area contributed by atoms with Crippen molar-refractivity contribution in [1.29, 1.82) is 0 Å². The first kappa shape index (κ1) is 21.0. The summed E-state index contributed by atoms with van der Waals surface area (Å²) in [5, 5.41) is 13.6. The summed E-state index contributed by atoms with van der Waals surface area (Å²) < 4.78 is 0. The Balaban J connectivity index is 1.55. The Morgan fingerprint density at radius 2 is 1.36 bits per heavy atom. The summed E-state index contributed by atoms with van der Waals surface area (Å²) in [6, 6.07) is 35.5. The van der Waals surface area contributed by atoms with Gasteiger partial charge in [-0.3, -0.25) is 4.79 Å². The Morgan fingerprint density at radius 3 is 1.97 bits per heavy atom. The third-order valence-electron chi connectivity index (χ3n) is 6.65. The molecule has 3 heteroatoms. The zero-order chi connectivity index (χ0) is 22.6. The predicted octanol–water partition coefficient (Wildman–Crippen LogP) is 6.11. The summed E-state index contributed by atoms with van der Waals surface area (Å²) in [6.45, 7) is 0. The van der Waals surface area contributed by atoms with Crippen LogP contribution in [0.4, 0.5) is 0 Å². The number of fused-ring (bicyclic) bond motifs is 1. The molecular formula is C30H27NO2. The quantitative estimate of drug-likeness (QED) is 0.399. The second-order valence-corrected chi connectivity index (χ2v) is 8.68. The van der Waals surface area contributed by atoms with Crippen molar-refractivity contribution in [2.75, 3.05) is 0 Å². The lowest BCUT2D eigenvalue weighted by molar-refractivity contribution is -0.122. The van der Waals surface area contributed by atoms with Crippen LogP contribution in [0.3, 0.4) is 0 Å². The Morgan fingerprint density at radius 1 is 0.788 bits per heavy atom. The number of benzene rings is 4. The lowest BCUT2D eigenvalue weighted by Crippen LogP contribution is -2.38. The van der Waals surface area contributed by atoms with Gasteiger partial charge < -0.3 is 10.4 Å². The molecule has 164 valence electrons. The maximum Gasteiger partial charge on any atom is 0.232 e. The van der Waals surface area contributed by atoms with Gasteiger partial charge in [0.1, 0.15) is 5.75 Å². The van der Waals surface area contributed by atoms with Gasteiger partial charge in [0.25, 0.3) is 0 Å². The minimum Gasteiger partial charge on any atom is -0.508 e. The molecule has 0 saturated carbocycles. The lowest BCUT2D eigenvalue weighted by Gasteiger charge is -2.35. The predicted molar refractivity (Wildman–Crippen MR) is 131 cm³/mol. The molecule has 0 fully saturated rings. The van der Waals surface area contributed by atoms with Crippen LogP contribution in [-0.4, -0.2) is 11.0 Å². The lowest BCUT2D eigenvalue weighted by atomic mass is 9.76. The molecule has 0 unspecified atom stereocenters. The highest BCUT2D eigenvalue weighted by atomic mass is 16.3. The Labute approximate surface area is 194 Å². The van der Waals surface area contributed by atoms with E-state index in [-0.39, 0.29) is 23.6 Å². The summed E-state index contributed by atoms with van der Waals surface area (Å²) in [5.74, 6) is -0.0814. The van der Waals surface area contributed by atoms with Gasteiger partial charge in [-0.05, 0) is 52.8 Å². The summed E-state index contributed by atoms with van der Waals surface area (Å²) in [7, 11) is 0. The third kappa shape index (κ3) is 4.40. The third-order valence-corrected chi connectivity index (χ3v) is 6.65. The van der Waals surface area contributed by atoms with Crippen molar-refractivity contribution < 1.29 is 9.90 Å². The number of phenols is 1. The number of nitrogens with one attached hydrogen (secondary N) is 1. The molecule has 33 heavy (non-hydrogen) atoms.